The lowest BCUT2D eigenvalue weighted by Gasteiger charge is -2.22. The van der Waals surface area contributed by atoms with Gasteiger partial charge in [-0.05, 0) is 48.9 Å². The summed E-state index contributed by atoms with van der Waals surface area (Å²) in [4.78, 5) is 1.26. The highest BCUT2D eigenvalue weighted by atomic mass is 32.2. The third kappa shape index (κ3) is 4.45. The fraction of sp³-hybridized carbons (Fsp3) is 0.538. The second-order valence-corrected chi connectivity index (χ2v) is 5.52. The van der Waals surface area contributed by atoms with Gasteiger partial charge in [-0.3, -0.25) is 0 Å². The van der Waals surface area contributed by atoms with Crippen LogP contribution in [0.1, 0.15) is 20.3 Å². The van der Waals surface area contributed by atoms with Crippen LogP contribution in [0.3, 0.4) is 0 Å². The van der Waals surface area contributed by atoms with E-state index in [2.05, 4.69) is 32.2 Å². The van der Waals surface area contributed by atoms with Crippen molar-refractivity contribution in [2.45, 2.75) is 25.2 Å². The van der Waals surface area contributed by atoms with Crippen LogP contribution in [0.2, 0.25) is 0 Å². The zero-order valence-electron chi connectivity index (χ0n) is 10.3. The summed E-state index contributed by atoms with van der Waals surface area (Å²) in [5, 5.41) is 0. The maximum absolute atomic E-state index is 5.68. The van der Waals surface area contributed by atoms with Gasteiger partial charge in [0.15, 0.2) is 0 Å². The molecule has 0 saturated heterocycles. The average molecular weight is 239 g/mol. The third-order valence-electron chi connectivity index (χ3n) is 2.66. The summed E-state index contributed by atoms with van der Waals surface area (Å²) in [5.74, 6) is 0.936. The Morgan fingerprint density at radius 2 is 1.88 bits per heavy atom. The number of rotatable bonds is 6. The van der Waals surface area contributed by atoms with Crippen LogP contribution in [-0.2, 0) is 0 Å². The number of thioether (sulfide) groups is 1. The minimum Gasteiger partial charge on any atom is -0.494 e. The molecule has 1 rings (SSSR count). The number of nitrogens with two attached hydrogens (primary N) is 1. The molecule has 0 saturated carbocycles. The van der Waals surface area contributed by atoms with Crippen molar-refractivity contribution in [1.82, 2.24) is 0 Å². The summed E-state index contributed by atoms with van der Waals surface area (Å²) in [6.45, 7) is 5.74. The van der Waals surface area contributed by atoms with E-state index in [-0.39, 0.29) is 5.41 Å². The Morgan fingerprint density at radius 1 is 1.25 bits per heavy atom. The third-order valence-corrected chi connectivity index (χ3v) is 3.40. The van der Waals surface area contributed by atoms with E-state index in [1.165, 1.54) is 4.90 Å². The Kier molecular flexibility index (Phi) is 5.16. The maximum Gasteiger partial charge on any atom is 0.119 e. The van der Waals surface area contributed by atoms with Crippen molar-refractivity contribution in [3.05, 3.63) is 24.3 Å². The molecule has 0 spiro atoms. The van der Waals surface area contributed by atoms with E-state index < -0.39 is 0 Å². The minimum absolute atomic E-state index is 0.166. The SMILES string of the molecule is CSc1ccc(OCCC(C)(C)CN)cc1. The van der Waals surface area contributed by atoms with Crippen LogP contribution in [0.4, 0.5) is 0 Å². The normalized spacial score (nSPS) is 11.5. The Bertz CT molecular complexity index is 308. The monoisotopic (exact) mass is 239 g/mol. The number of ether oxygens (including phenoxy) is 1. The van der Waals surface area contributed by atoms with Crippen molar-refractivity contribution in [3.8, 4) is 5.75 Å². The number of hydrogen-bond donors (Lipinski definition) is 1. The fourth-order valence-corrected chi connectivity index (χ4v) is 1.63. The lowest BCUT2D eigenvalue weighted by atomic mass is 9.90. The summed E-state index contributed by atoms with van der Waals surface area (Å²) >= 11 is 1.74. The average Bonchev–Trinajstić information content (AvgIpc) is 2.30. The Hall–Kier alpha value is -0.670. The maximum atomic E-state index is 5.68. The molecule has 90 valence electrons. The highest BCUT2D eigenvalue weighted by Gasteiger charge is 2.15. The minimum atomic E-state index is 0.166. The quantitative estimate of drug-likeness (QED) is 0.774. The van der Waals surface area contributed by atoms with Crippen LogP contribution in [0, 0.1) is 5.41 Å². The van der Waals surface area contributed by atoms with Gasteiger partial charge in [0.25, 0.3) is 0 Å². The molecule has 0 fully saturated rings. The summed E-state index contributed by atoms with van der Waals surface area (Å²) in [6.07, 6.45) is 3.05. The van der Waals surface area contributed by atoms with Gasteiger partial charge in [-0.25, -0.2) is 0 Å². The molecule has 0 aliphatic rings. The van der Waals surface area contributed by atoms with E-state index in [4.69, 9.17) is 10.5 Å². The number of benzene rings is 1. The Balaban J connectivity index is 2.37. The van der Waals surface area contributed by atoms with Crippen LogP contribution < -0.4 is 10.5 Å². The summed E-state index contributed by atoms with van der Waals surface area (Å²) in [6, 6.07) is 8.19. The topological polar surface area (TPSA) is 35.2 Å². The lowest BCUT2D eigenvalue weighted by Crippen LogP contribution is -2.25. The van der Waals surface area contributed by atoms with Crippen LogP contribution in [-0.4, -0.2) is 19.4 Å². The molecule has 1 aromatic carbocycles. The first-order valence-electron chi connectivity index (χ1n) is 5.54. The van der Waals surface area contributed by atoms with Crippen molar-refractivity contribution >= 4 is 11.8 Å². The molecule has 2 nitrogen and oxygen atoms in total. The van der Waals surface area contributed by atoms with Gasteiger partial charge < -0.3 is 10.5 Å². The molecule has 0 bridgehead atoms. The first kappa shape index (κ1) is 13.4. The zero-order chi connectivity index (χ0) is 12.0. The van der Waals surface area contributed by atoms with Crippen molar-refractivity contribution < 1.29 is 4.74 Å². The van der Waals surface area contributed by atoms with Gasteiger partial charge in [-0.15, -0.1) is 11.8 Å². The van der Waals surface area contributed by atoms with E-state index in [1.807, 2.05) is 12.1 Å². The molecule has 0 radical (unpaired) electrons. The molecule has 3 heteroatoms. The van der Waals surface area contributed by atoms with E-state index in [0.717, 1.165) is 18.8 Å². The van der Waals surface area contributed by atoms with Crippen molar-refractivity contribution in [3.63, 3.8) is 0 Å². The predicted octanol–water partition coefficient (Wildman–Crippen LogP) is 3.16. The van der Waals surface area contributed by atoms with E-state index in [1.54, 1.807) is 11.8 Å². The largest absolute Gasteiger partial charge is 0.494 e. The standard InChI is InChI=1S/C13H21NOS/c1-13(2,10-14)8-9-15-11-4-6-12(16-3)7-5-11/h4-7H,8-10,14H2,1-3H3. The Morgan fingerprint density at radius 3 is 2.38 bits per heavy atom. The molecule has 2 N–H and O–H groups in total. The van der Waals surface area contributed by atoms with Gasteiger partial charge in [0.2, 0.25) is 0 Å². The van der Waals surface area contributed by atoms with Crippen LogP contribution in [0.25, 0.3) is 0 Å². The summed E-state index contributed by atoms with van der Waals surface area (Å²) in [7, 11) is 0. The molecule has 0 atom stereocenters. The molecular weight excluding hydrogens is 218 g/mol. The fourth-order valence-electron chi connectivity index (χ4n) is 1.22. The number of hydrogen-bond acceptors (Lipinski definition) is 3. The summed E-state index contributed by atoms with van der Waals surface area (Å²) in [5.41, 5.74) is 5.83. The molecule has 0 amide bonds. The first-order valence-corrected chi connectivity index (χ1v) is 6.77. The molecule has 1 aromatic rings. The first-order chi connectivity index (χ1) is 7.57. The van der Waals surface area contributed by atoms with Gasteiger partial charge in [0, 0.05) is 4.90 Å². The van der Waals surface area contributed by atoms with Gasteiger partial charge in [0.1, 0.15) is 5.75 Å². The lowest BCUT2D eigenvalue weighted by molar-refractivity contribution is 0.233. The highest BCUT2D eigenvalue weighted by Crippen LogP contribution is 2.21. The van der Waals surface area contributed by atoms with E-state index in [9.17, 15) is 0 Å². The van der Waals surface area contributed by atoms with Crippen molar-refractivity contribution in [1.29, 1.82) is 0 Å². The molecule has 0 heterocycles. The predicted molar refractivity (Wildman–Crippen MR) is 71.2 cm³/mol. The highest BCUT2D eigenvalue weighted by molar-refractivity contribution is 7.98. The van der Waals surface area contributed by atoms with Crippen molar-refractivity contribution in [2.75, 3.05) is 19.4 Å². The van der Waals surface area contributed by atoms with Gasteiger partial charge in [-0.2, -0.15) is 0 Å². The van der Waals surface area contributed by atoms with Crippen molar-refractivity contribution in [2.24, 2.45) is 11.1 Å². The van der Waals surface area contributed by atoms with Gasteiger partial charge in [0.05, 0.1) is 6.61 Å². The van der Waals surface area contributed by atoms with E-state index >= 15 is 0 Å². The molecular formula is C13H21NOS. The second kappa shape index (κ2) is 6.16. The van der Waals surface area contributed by atoms with Crippen LogP contribution in [0.5, 0.6) is 5.75 Å². The molecule has 16 heavy (non-hydrogen) atoms. The van der Waals surface area contributed by atoms with E-state index in [0.29, 0.717) is 6.54 Å². The molecule has 0 aliphatic heterocycles. The smallest absolute Gasteiger partial charge is 0.119 e. The second-order valence-electron chi connectivity index (χ2n) is 4.64. The molecule has 0 aliphatic carbocycles. The molecule has 0 unspecified atom stereocenters. The molecule has 0 aromatic heterocycles. The van der Waals surface area contributed by atoms with Crippen LogP contribution in [0.15, 0.2) is 29.2 Å². The van der Waals surface area contributed by atoms with Gasteiger partial charge >= 0.3 is 0 Å². The summed E-state index contributed by atoms with van der Waals surface area (Å²) < 4.78 is 5.68. The zero-order valence-corrected chi connectivity index (χ0v) is 11.1. The van der Waals surface area contributed by atoms with Crippen LogP contribution >= 0.6 is 11.8 Å². The Labute approximate surface area is 103 Å². The van der Waals surface area contributed by atoms with Gasteiger partial charge in [-0.1, -0.05) is 13.8 Å².